The zero-order valence-corrected chi connectivity index (χ0v) is 7.18. The van der Waals surface area contributed by atoms with E-state index in [4.69, 9.17) is 5.11 Å². The van der Waals surface area contributed by atoms with E-state index in [0.717, 1.165) is 0 Å². The second kappa shape index (κ2) is 3.62. The fourth-order valence-corrected chi connectivity index (χ4v) is 1.08. The number of hydrogen-bond acceptors (Lipinski definition) is 3. The Morgan fingerprint density at radius 3 is 1.64 bits per heavy atom. The van der Waals surface area contributed by atoms with Gasteiger partial charge in [0.15, 0.2) is 0 Å². The molecule has 0 atom stereocenters. The Hall–Kier alpha value is -0.700. The molecule has 0 bridgehead atoms. The van der Waals surface area contributed by atoms with Gasteiger partial charge in [-0.15, -0.1) is 0 Å². The smallest absolute Gasteiger partial charge is 0.145 e. The molecule has 0 radical (unpaired) electrons. The molecule has 0 saturated heterocycles. The summed E-state index contributed by atoms with van der Waals surface area (Å²) in [6, 6.07) is 0. The maximum atomic E-state index is 11.0. The Morgan fingerprint density at radius 2 is 1.64 bits per heavy atom. The zero-order valence-electron chi connectivity index (χ0n) is 7.18. The van der Waals surface area contributed by atoms with Gasteiger partial charge in [-0.3, -0.25) is 9.59 Å². The molecule has 3 heteroatoms. The quantitative estimate of drug-likeness (QED) is 0.608. The Labute approximate surface area is 66.4 Å². The van der Waals surface area contributed by atoms with Crippen LogP contribution in [0.5, 0.6) is 0 Å². The van der Waals surface area contributed by atoms with Crippen LogP contribution in [0, 0.1) is 5.41 Å². The summed E-state index contributed by atoms with van der Waals surface area (Å²) in [5.74, 6) is -0.509. The van der Waals surface area contributed by atoms with E-state index in [9.17, 15) is 9.59 Å². The summed E-state index contributed by atoms with van der Waals surface area (Å²) in [6.45, 7) is 4.01. The van der Waals surface area contributed by atoms with Crippen LogP contribution in [-0.4, -0.2) is 23.3 Å². The van der Waals surface area contributed by atoms with E-state index in [1.165, 1.54) is 13.8 Å². The Balaban J connectivity index is 4.76. The van der Waals surface area contributed by atoms with E-state index in [2.05, 4.69) is 0 Å². The van der Waals surface area contributed by atoms with E-state index in [-0.39, 0.29) is 18.2 Å². The highest BCUT2D eigenvalue weighted by atomic mass is 16.3. The number of aliphatic hydroxyl groups excluding tert-OH is 1. The van der Waals surface area contributed by atoms with Crippen LogP contribution in [0.1, 0.15) is 27.2 Å². The van der Waals surface area contributed by atoms with E-state index in [0.29, 0.717) is 6.42 Å². The van der Waals surface area contributed by atoms with Gasteiger partial charge in [0.05, 0.1) is 6.61 Å². The van der Waals surface area contributed by atoms with Crippen LogP contribution >= 0.6 is 0 Å². The standard InChI is InChI=1S/C8H14O3/c1-4-8(5-9,6(2)10)7(3)11/h9H,4-5H2,1-3H3. The summed E-state index contributed by atoms with van der Waals surface area (Å²) in [4.78, 5) is 22.0. The van der Waals surface area contributed by atoms with Crippen molar-refractivity contribution < 1.29 is 14.7 Å². The van der Waals surface area contributed by atoms with E-state index in [1.54, 1.807) is 6.92 Å². The lowest BCUT2D eigenvalue weighted by atomic mass is 9.79. The summed E-state index contributed by atoms with van der Waals surface area (Å²) in [5, 5.41) is 8.88. The monoisotopic (exact) mass is 158 g/mol. The van der Waals surface area contributed by atoms with Crippen molar-refractivity contribution in [3.63, 3.8) is 0 Å². The molecular weight excluding hydrogens is 144 g/mol. The number of Topliss-reactive ketones (excluding diaryl/α,β-unsaturated/α-hetero) is 2. The van der Waals surface area contributed by atoms with Gasteiger partial charge in [0.2, 0.25) is 0 Å². The zero-order chi connectivity index (χ0) is 9.07. The first kappa shape index (κ1) is 10.3. The third-order valence-corrected chi connectivity index (χ3v) is 2.22. The molecule has 0 aromatic rings. The van der Waals surface area contributed by atoms with Gasteiger partial charge in [-0.2, -0.15) is 0 Å². The number of hydrogen-bond donors (Lipinski definition) is 1. The van der Waals surface area contributed by atoms with Crippen LogP contribution in [0.25, 0.3) is 0 Å². The van der Waals surface area contributed by atoms with Crippen molar-refractivity contribution in [2.45, 2.75) is 27.2 Å². The van der Waals surface area contributed by atoms with E-state index < -0.39 is 5.41 Å². The van der Waals surface area contributed by atoms with Gasteiger partial charge in [-0.1, -0.05) is 6.92 Å². The maximum absolute atomic E-state index is 11.0. The normalized spacial score (nSPS) is 11.3. The first-order valence-electron chi connectivity index (χ1n) is 3.64. The molecule has 0 unspecified atom stereocenters. The minimum absolute atomic E-state index is 0.255. The molecule has 3 nitrogen and oxygen atoms in total. The number of carbonyl (C=O) groups excluding carboxylic acids is 2. The number of rotatable bonds is 4. The van der Waals surface area contributed by atoms with Crippen molar-refractivity contribution in [2.75, 3.05) is 6.61 Å². The molecule has 0 aromatic heterocycles. The molecule has 0 fully saturated rings. The Kier molecular flexibility index (Phi) is 3.39. The van der Waals surface area contributed by atoms with Crippen molar-refractivity contribution in [2.24, 2.45) is 5.41 Å². The summed E-state index contributed by atoms with van der Waals surface area (Å²) in [7, 11) is 0. The van der Waals surface area contributed by atoms with Crippen molar-refractivity contribution in [1.29, 1.82) is 0 Å². The molecule has 0 heterocycles. The van der Waals surface area contributed by atoms with Crippen LogP contribution in [0.15, 0.2) is 0 Å². The SMILES string of the molecule is CCC(CO)(C(C)=O)C(C)=O. The van der Waals surface area contributed by atoms with Crippen molar-refractivity contribution in [1.82, 2.24) is 0 Å². The van der Waals surface area contributed by atoms with Crippen LogP contribution in [0.2, 0.25) is 0 Å². The number of carbonyl (C=O) groups is 2. The lowest BCUT2D eigenvalue weighted by molar-refractivity contribution is -0.141. The second-order valence-electron chi connectivity index (χ2n) is 2.71. The average molecular weight is 158 g/mol. The van der Waals surface area contributed by atoms with Crippen LogP contribution in [0.3, 0.4) is 0 Å². The molecule has 64 valence electrons. The van der Waals surface area contributed by atoms with Crippen LogP contribution in [-0.2, 0) is 9.59 Å². The summed E-state index contributed by atoms with van der Waals surface area (Å²) in [6.07, 6.45) is 0.369. The number of ketones is 2. The highest BCUT2D eigenvalue weighted by Gasteiger charge is 2.37. The van der Waals surface area contributed by atoms with Crippen LogP contribution in [0.4, 0.5) is 0 Å². The predicted octanol–water partition coefficient (Wildman–Crippen LogP) is 0.553. The first-order chi connectivity index (χ1) is 5.01. The maximum Gasteiger partial charge on any atom is 0.145 e. The Morgan fingerprint density at radius 1 is 1.27 bits per heavy atom. The third kappa shape index (κ3) is 1.66. The van der Waals surface area contributed by atoms with Gasteiger partial charge in [0.1, 0.15) is 17.0 Å². The lowest BCUT2D eigenvalue weighted by Crippen LogP contribution is -2.39. The predicted molar refractivity (Wildman–Crippen MR) is 41.2 cm³/mol. The van der Waals surface area contributed by atoms with Crippen molar-refractivity contribution in [3.8, 4) is 0 Å². The average Bonchev–Trinajstić information content (AvgIpc) is 1.90. The van der Waals surface area contributed by atoms with Gasteiger partial charge in [-0.05, 0) is 20.3 Å². The molecular formula is C8H14O3. The van der Waals surface area contributed by atoms with E-state index in [1.807, 2.05) is 0 Å². The largest absolute Gasteiger partial charge is 0.395 e. The van der Waals surface area contributed by atoms with Crippen molar-refractivity contribution >= 4 is 11.6 Å². The molecule has 11 heavy (non-hydrogen) atoms. The van der Waals surface area contributed by atoms with Crippen molar-refractivity contribution in [3.05, 3.63) is 0 Å². The lowest BCUT2D eigenvalue weighted by Gasteiger charge is -2.23. The van der Waals surface area contributed by atoms with Crippen LogP contribution < -0.4 is 0 Å². The molecule has 0 aliphatic rings. The fourth-order valence-electron chi connectivity index (χ4n) is 1.08. The molecule has 0 spiro atoms. The summed E-state index contributed by atoms with van der Waals surface area (Å²) >= 11 is 0. The molecule has 0 aliphatic carbocycles. The molecule has 0 rings (SSSR count). The number of aliphatic hydroxyl groups is 1. The highest BCUT2D eigenvalue weighted by Crippen LogP contribution is 2.23. The van der Waals surface area contributed by atoms with Gasteiger partial charge in [0.25, 0.3) is 0 Å². The minimum atomic E-state index is -1.14. The van der Waals surface area contributed by atoms with Gasteiger partial charge in [-0.25, -0.2) is 0 Å². The topological polar surface area (TPSA) is 54.4 Å². The van der Waals surface area contributed by atoms with Gasteiger partial charge >= 0.3 is 0 Å². The fraction of sp³-hybridized carbons (Fsp3) is 0.750. The summed E-state index contributed by atoms with van der Waals surface area (Å²) < 4.78 is 0. The van der Waals surface area contributed by atoms with E-state index >= 15 is 0 Å². The van der Waals surface area contributed by atoms with Gasteiger partial charge in [0, 0.05) is 0 Å². The molecule has 0 amide bonds. The first-order valence-corrected chi connectivity index (χ1v) is 3.64. The van der Waals surface area contributed by atoms with Gasteiger partial charge < -0.3 is 5.11 Å². The third-order valence-electron chi connectivity index (χ3n) is 2.22. The molecule has 0 aromatic carbocycles. The molecule has 1 N–H and O–H groups in total. The summed E-state index contributed by atoms with van der Waals surface area (Å²) in [5.41, 5.74) is -1.14. The minimum Gasteiger partial charge on any atom is -0.395 e. The Bertz CT molecular complexity index is 152. The highest BCUT2D eigenvalue weighted by molar-refractivity contribution is 6.05. The molecule has 0 saturated carbocycles. The second-order valence-corrected chi connectivity index (χ2v) is 2.71. The molecule has 0 aliphatic heterocycles.